The van der Waals surface area contributed by atoms with Crippen molar-refractivity contribution in [2.75, 3.05) is 46.9 Å². The lowest BCUT2D eigenvalue weighted by molar-refractivity contribution is -0.119. The number of methoxy groups -OCH3 is 3. The average Bonchev–Trinajstić information content (AvgIpc) is 2.94. The molecular weight excluding hydrogens is 476 g/mol. The van der Waals surface area contributed by atoms with Gasteiger partial charge >= 0.3 is 0 Å². The molecule has 2 aliphatic rings. The molecule has 9 heteroatoms. The minimum atomic E-state index is -0.751. The molecule has 1 N–H and O–H groups in total. The number of carbonyl (C=O) groups is 2. The predicted molar refractivity (Wildman–Crippen MR) is 136 cm³/mol. The first-order valence-electron chi connectivity index (χ1n) is 11.8. The molecule has 0 unspecified atom stereocenters. The van der Waals surface area contributed by atoms with Crippen molar-refractivity contribution < 1.29 is 33.3 Å². The van der Waals surface area contributed by atoms with Crippen LogP contribution in [0.3, 0.4) is 0 Å². The molecule has 2 heterocycles. The quantitative estimate of drug-likeness (QED) is 0.542. The number of hydrogen-bond donors (Lipinski definition) is 1. The van der Waals surface area contributed by atoms with E-state index in [0.29, 0.717) is 58.8 Å². The van der Waals surface area contributed by atoms with Crippen molar-refractivity contribution >= 4 is 17.5 Å². The highest BCUT2D eigenvalue weighted by molar-refractivity contribution is 6.05. The van der Waals surface area contributed by atoms with E-state index in [4.69, 9.17) is 23.7 Å². The Morgan fingerprint density at radius 1 is 0.892 bits per heavy atom. The Balaban J connectivity index is 1.60. The lowest BCUT2D eigenvalue weighted by atomic mass is 9.79. The molecule has 0 bridgehead atoms. The van der Waals surface area contributed by atoms with Crippen molar-refractivity contribution in [2.24, 2.45) is 0 Å². The first kappa shape index (κ1) is 24.3. The summed E-state index contributed by atoms with van der Waals surface area (Å²) in [5.74, 6) is 1.47. The number of benzene rings is 3. The highest BCUT2D eigenvalue weighted by Gasteiger charge is 2.43. The molecule has 192 valence electrons. The van der Waals surface area contributed by atoms with Crippen LogP contribution in [0.25, 0.3) is 0 Å². The maximum atomic E-state index is 14.0. The van der Waals surface area contributed by atoms with Crippen LogP contribution in [-0.4, -0.2) is 58.3 Å². The van der Waals surface area contributed by atoms with Crippen LogP contribution in [-0.2, 0) is 4.79 Å². The van der Waals surface area contributed by atoms with Gasteiger partial charge in [-0.1, -0.05) is 12.1 Å². The van der Waals surface area contributed by atoms with Gasteiger partial charge in [0.25, 0.3) is 5.91 Å². The third-order valence-corrected chi connectivity index (χ3v) is 6.72. The van der Waals surface area contributed by atoms with Crippen molar-refractivity contribution in [1.82, 2.24) is 4.90 Å². The SMILES string of the molecule is COc1ccc([C@H]2[C@@H](C(=O)Nc3ccc4c(c3)OCCO4)c3cc(OC)c(OC)cc3C(=O)N2C)cc1. The number of amides is 2. The Labute approximate surface area is 214 Å². The van der Waals surface area contributed by atoms with Gasteiger partial charge in [-0.25, -0.2) is 0 Å². The van der Waals surface area contributed by atoms with Crippen LogP contribution in [0.15, 0.2) is 54.6 Å². The van der Waals surface area contributed by atoms with Crippen LogP contribution < -0.4 is 29.0 Å². The second-order valence-electron chi connectivity index (χ2n) is 8.75. The summed E-state index contributed by atoms with van der Waals surface area (Å²) in [5.41, 5.74) is 2.28. The second-order valence-corrected chi connectivity index (χ2v) is 8.75. The lowest BCUT2D eigenvalue weighted by Gasteiger charge is -2.40. The monoisotopic (exact) mass is 504 g/mol. The van der Waals surface area contributed by atoms with E-state index in [1.165, 1.54) is 14.2 Å². The zero-order chi connectivity index (χ0) is 26.1. The highest BCUT2D eigenvalue weighted by Crippen LogP contribution is 2.46. The number of carbonyl (C=O) groups excluding carboxylic acids is 2. The van der Waals surface area contributed by atoms with Crippen LogP contribution in [0.5, 0.6) is 28.7 Å². The van der Waals surface area contributed by atoms with E-state index in [1.807, 2.05) is 24.3 Å². The molecule has 37 heavy (non-hydrogen) atoms. The summed E-state index contributed by atoms with van der Waals surface area (Å²) < 4.78 is 27.5. The molecule has 0 aromatic heterocycles. The number of nitrogens with one attached hydrogen (secondary N) is 1. The highest BCUT2D eigenvalue weighted by atomic mass is 16.6. The van der Waals surface area contributed by atoms with E-state index in [0.717, 1.165) is 5.56 Å². The maximum absolute atomic E-state index is 14.0. The van der Waals surface area contributed by atoms with Crippen LogP contribution in [0.1, 0.15) is 33.4 Å². The molecule has 2 atom stereocenters. The minimum absolute atomic E-state index is 0.222. The molecule has 0 spiro atoms. The fourth-order valence-corrected chi connectivity index (χ4v) is 4.89. The third kappa shape index (κ3) is 4.37. The molecule has 2 amide bonds. The van der Waals surface area contributed by atoms with Gasteiger partial charge in [-0.2, -0.15) is 0 Å². The molecule has 0 saturated carbocycles. The number of ether oxygens (including phenoxy) is 5. The Bertz CT molecular complexity index is 1340. The molecule has 3 aromatic carbocycles. The number of nitrogens with zero attached hydrogens (tertiary/aromatic N) is 1. The van der Waals surface area contributed by atoms with E-state index in [1.54, 1.807) is 49.4 Å². The molecule has 0 fully saturated rings. The summed E-state index contributed by atoms with van der Waals surface area (Å²) in [6.07, 6.45) is 0. The number of anilines is 1. The van der Waals surface area contributed by atoms with Crippen molar-refractivity contribution in [3.05, 3.63) is 71.3 Å². The summed E-state index contributed by atoms with van der Waals surface area (Å²) >= 11 is 0. The zero-order valence-electron chi connectivity index (χ0n) is 21.1. The number of hydrogen-bond acceptors (Lipinski definition) is 7. The van der Waals surface area contributed by atoms with Crippen LogP contribution >= 0.6 is 0 Å². The summed E-state index contributed by atoms with van der Waals surface area (Å²) in [6.45, 7) is 0.918. The molecule has 9 nitrogen and oxygen atoms in total. The smallest absolute Gasteiger partial charge is 0.254 e. The van der Waals surface area contributed by atoms with Gasteiger partial charge in [-0.15, -0.1) is 0 Å². The Hall–Kier alpha value is -4.40. The number of likely N-dealkylation sites (N-methyl/N-ethyl adjacent to an activating group) is 1. The van der Waals surface area contributed by atoms with Gasteiger partial charge in [0, 0.05) is 24.4 Å². The lowest BCUT2D eigenvalue weighted by Crippen LogP contribution is -2.44. The first-order valence-corrected chi connectivity index (χ1v) is 11.8. The molecule has 0 saturated heterocycles. The number of rotatable bonds is 6. The van der Waals surface area contributed by atoms with E-state index < -0.39 is 12.0 Å². The third-order valence-electron chi connectivity index (χ3n) is 6.72. The average molecular weight is 505 g/mol. The van der Waals surface area contributed by atoms with Gasteiger partial charge in [0.1, 0.15) is 19.0 Å². The van der Waals surface area contributed by atoms with Gasteiger partial charge in [0.15, 0.2) is 23.0 Å². The molecule has 5 rings (SSSR count). The van der Waals surface area contributed by atoms with Crippen molar-refractivity contribution in [3.63, 3.8) is 0 Å². The number of fused-ring (bicyclic) bond motifs is 2. The first-order chi connectivity index (χ1) is 17.9. The van der Waals surface area contributed by atoms with Gasteiger partial charge in [-0.3, -0.25) is 9.59 Å². The molecule has 3 aromatic rings. The standard InChI is InChI=1S/C28H28N2O7/c1-30-26(16-5-8-18(33-2)9-6-16)25(19-14-22(34-3)23(35-4)15-20(19)28(30)32)27(31)29-17-7-10-21-24(13-17)37-12-11-36-21/h5-10,13-15,25-26H,11-12H2,1-4H3,(H,29,31)/t25-,26-/m0/s1. The van der Waals surface area contributed by atoms with Gasteiger partial charge in [0.2, 0.25) is 5.91 Å². The van der Waals surface area contributed by atoms with Crippen LogP contribution in [0, 0.1) is 0 Å². The van der Waals surface area contributed by atoms with Gasteiger partial charge in [-0.05, 0) is 47.5 Å². The van der Waals surface area contributed by atoms with E-state index in [-0.39, 0.29) is 11.8 Å². The summed E-state index contributed by atoms with van der Waals surface area (Å²) in [6, 6.07) is 15.4. The van der Waals surface area contributed by atoms with Crippen molar-refractivity contribution in [2.45, 2.75) is 12.0 Å². The summed E-state index contributed by atoms with van der Waals surface area (Å²) in [5, 5.41) is 3.02. The largest absolute Gasteiger partial charge is 0.497 e. The Morgan fingerprint density at radius 2 is 1.57 bits per heavy atom. The van der Waals surface area contributed by atoms with E-state index in [9.17, 15) is 9.59 Å². The maximum Gasteiger partial charge on any atom is 0.254 e. The molecule has 0 radical (unpaired) electrons. The van der Waals surface area contributed by atoms with E-state index in [2.05, 4.69) is 5.32 Å². The Kier molecular flexibility index (Phi) is 6.52. The molecule has 2 aliphatic heterocycles. The van der Waals surface area contributed by atoms with Gasteiger partial charge in [0.05, 0.1) is 33.3 Å². The summed E-state index contributed by atoms with van der Waals surface area (Å²) in [7, 11) is 6.31. The molecule has 0 aliphatic carbocycles. The topological polar surface area (TPSA) is 95.6 Å². The van der Waals surface area contributed by atoms with Crippen LogP contribution in [0.2, 0.25) is 0 Å². The normalized spacial score (nSPS) is 18.1. The van der Waals surface area contributed by atoms with Crippen LogP contribution in [0.4, 0.5) is 5.69 Å². The van der Waals surface area contributed by atoms with Crippen molar-refractivity contribution in [3.8, 4) is 28.7 Å². The predicted octanol–water partition coefficient (Wildman–Crippen LogP) is 4.03. The van der Waals surface area contributed by atoms with Gasteiger partial charge < -0.3 is 33.9 Å². The fourth-order valence-electron chi connectivity index (χ4n) is 4.89. The van der Waals surface area contributed by atoms with Crippen molar-refractivity contribution in [1.29, 1.82) is 0 Å². The zero-order valence-corrected chi connectivity index (χ0v) is 21.1. The summed E-state index contributed by atoms with van der Waals surface area (Å²) in [4.78, 5) is 29.1. The second kappa shape index (κ2) is 9.93. The van der Waals surface area contributed by atoms with E-state index >= 15 is 0 Å². The molecular formula is C28H28N2O7. The fraction of sp³-hybridized carbons (Fsp3) is 0.286. The minimum Gasteiger partial charge on any atom is -0.497 e. The Morgan fingerprint density at radius 3 is 2.24 bits per heavy atom.